The molecule has 2 N–H and O–H groups in total. The number of allylic oxidation sites excluding steroid dienone is 6. The number of amides is 1. The molecule has 0 radical (unpaired) electrons. The molecule has 20 heavy (non-hydrogen) atoms. The number of hydrogen-bond donors (Lipinski definition) is 1. The van der Waals surface area contributed by atoms with Crippen LogP contribution in [0.15, 0.2) is 36.5 Å². The zero-order chi connectivity index (χ0) is 14.9. The molecule has 0 aromatic heterocycles. The fourth-order valence-electron chi connectivity index (χ4n) is 1.89. The molecule has 2 heteroatoms. The van der Waals surface area contributed by atoms with Crippen molar-refractivity contribution in [3.8, 4) is 0 Å². The number of nitrogens with two attached hydrogens (primary N) is 1. The molecule has 0 saturated heterocycles. The number of primary amides is 1. The van der Waals surface area contributed by atoms with Gasteiger partial charge in [-0.15, -0.1) is 0 Å². The maximum atomic E-state index is 10.5. The lowest BCUT2D eigenvalue weighted by atomic mass is 10.1. The monoisotopic (exact) mass is 277 g/mol. The summed E-state index contributed by atoms with van der Waals surface area (Å²) in [6.45, 7) is 2.21. The van der Waals surface area contributed by atoms with Gasteiger partial charge in [0.2, 0.25) is 5.91 Å². The minimum Gasteiger partial charge on any atom is -0.370 e. The van der Waals surface area contributed by atoms with Crippen molar-refractivity contribution in [1.29, 1.82) is 0 Å². The van der Waals surface area contributed by atoms with Gasteiger partial charge in [-0.3, -0.25) is 4.79 Å². The van der Waals surface area contributed by atoms with Gasteiger partial charge in [-0.1, -0.05) is 75.5 Å². The second-order valence-corrected chi connectivity index (χ2v) is 5.16. The predicted octanol–water partition coefficient (Wildman–Crippen LogP) is 5.06. The topological polar surface area (TPSA) is 43.1 Å². The molecule has 0 bridgehead atoms. The van der Waals surface area contributed by atoms with Gasteiger partial charge in [0, 0.05) is 6.42 Å². The zero-order valence-corrected chi connectivity index (χ0v) is 13.0. The third kappa shape index (κ3) is 16.7. The zero-order valence-electron chi connectivity index (χ0n) is 13.0. The van der Waals surface area contributed by atoms with E-state index in [4.69, 9.17) is 5.73 Å². The highest BCUT2D eigenvalue weighted by Crippen LogP contribution is 2.07. The second kappa shape index (κ2) is 15.7. The summed E-state index contributed by atoms with van der Waals surface area (Å²) in [5.41, 5.74) is 5.09. The average Bonchev–Trinajstić information content (AvgIpc) is 2.43. The first-order valence-electron chi connectivity index (χ1n) is 8.04. The SMILES string of the molecule is CCCC\C=C/C=C/C=C\CCCCCCCC(N)=O. The van der Waals surface area contributed by atoms with Crippen molar-refractivity contribution in [2.75, 3.05) is 0 Å². The van der Waals surface area contributed by atoms with E-state index in [-0.39, 0.29) is 5.91 Å². The van der Waals surface area contributed by atoms with Crippen LogP contribution in [0.3, 0.4) is 0 Å². The van der Waals surface area contributed by atoms with Gasteiger partial charge in [-0.25, -0.2) is 0 Å². The van der Waals surface area contributed by atoms with Crippen LogP contribution in [0.4, 0.5) is 0 Å². The van der Waals surface area contributed by atoms with Crippen molar-refractivity contribution in [2.24, 2.45) is 5.73 Å². The Hall–Kier alpha value is -1.31. The third-order valence-corrected chi connectivity index (χ3v) is 3.12. The summed E-state index contributed by atoms with van der Waals surface area (Å²) in [4.78, 5) is 10.5. The number of rotatable bonds is 13. The van der Waals surface area contributed by atoms with Gasteiger partial charge in [0.1, 0.15) is 0 Å². The van der Waals surface area contributed by atoms with Crippen LogP contribution < -0.4 is 5.73 Å². The van der Waals surface area contributed by atoms with Crippen molar-refractivity contribution in [1.82, 2.24) is 0 Å². The lowest BCUT2D eigenvalue weighted by Crippen LogP contribution is -2.09. The molecule has 114 valence electrons. The highest BCUT2D eigenvalue weighted by molar-refractivity contribution is 5.73. The Balaban J connectivity index is 3.29. The van der Waals surface area contributed by atoms with Crippen LogP contribution in [-0.4, -0.2) is 5.91 Å². The van der Waals surface area contributed by atoms with Gasteiger partial charge < -0.3 is 5.73 Å². The third-order valence-electron chi connectivity index (χ3n) is 3.12. The molecule has 1 amide bonds. The molecule has 0 fully saturated rings. The molecule has 0 atom stereocenters. The molecule has 0 aliphatic carbocycles. The van der Waals surface area contributed by atoms with E-state index in [1.807, 2.05) is 0 Å². The first-order valence-corrected chi connectivity index (χ1v) is 8.04. The fraction of sp³-hybridized carbons (Fsp3) is 0.611. The lowest BCUT2D eigenvalue weighted by Gasteiger charge is -1.98. The molecular weight excluding hydrogens is 246 g/mol. The maximum absolute atomic E-state index is 10.5. The standard InChI is InChI=1S/C18H31NO/c1-2-3-4-5-6-7-8-9-10-11-12-13-14-15-16-17-18(19)20/h5-10H,2-4,11-17H2,1H3,(H2,19,20)/b6-5-,8-7+,10-9-. The predicted molar refractivity (Wildman–Crippen MR) is 88.5 cm³/mol. The quantitative estimate of drug-likeness (QED) is 0.371. The summed E-state index contributed by atoms with van der Waals surface area (Å²) in [7, 11) is 0. The normalized spacial score (nSPS) is 12.1. The molecule has 0 aliphatic rings. The van der Waals surface area contributed by atoms with Crippen LogP contribution in [0, 0.1) is 0 Å². The lowest BCUT2D eigenvalue weighted by molar-refractivity contribution is -0.118. The van der Waals surface area contributed by atoms with Crippen LogP contribution in [0.1, 0.15) is 71.1 Å². The average molecular weight is 277 g/mol. The molecule has 0 heterocycles. The number of hydrogen-bond acceptors (Lipinski definition) is 1. The molecular formula is C18H31NO. The largest absolute Gasteiger partial charge is 0.370 e. The van der Waals surface area contributed by atoms with Gasteiger partial charge >= 0.3 is 0 Å². The van der Waals surface area contributed by atoms with Gasteiger partial charge in [-0.2, -0.15) is 0 Å². The number of unbranched alkanes of at least 4 members (excludes halogenated alkanes) is 7. The van der Waals surface area contributed by atoms with Gasteiger partial charge in [-0.05, 0) is 25.7 Å². The van der Waals surface area contributed by atoms with E-state index >= 15 is 0 Å². The summed E-state index contributed by atoms with van der Waals surface area (Å²) in [6, 6.07) is 0. The smallest absolute Gasteiger partial charge is 0.217 e. The number of carbonyl (C=O) groups is 1. The Bertz CT molecular complexity index is 303. The van der Waals surface area contributed by atoms with E-state index in [0.29, 0.717) is 6.42 Å². The minimum atomic E-state index is -0.177. The minimum absolute atomic E-state index is 0.177. The van der Waals surface area contributed by atoms with Crippen LogP contribution >= 0.6 is 0 Å². The molecule has 0 rings (SSSR count). The molecule has 0 aromatic rings. The molecule has 0 aliphatic heterocycles. The Morgan fingerprint density at radius 1 is 0.800 bits per heavy atom. The Morgan fingerprint density at radius 2 is 1.35 bits per heavy atom. The van der Waals surface area contributed by atoms with Crippen LogP contribution in [0.5, 0.6) is 0 Å². The van der Waals surface area contributed by atoms with Gasteiger partial charge in [0.25, 0.3) is 0 Å². The first-order chi connectivity index (χ1) is 9.77. The highest BCUT2D eigenvalue weighted by Gasteiger charge is 1.93. The molecule has 0 aromatic carbocycles. The summed E-state index contributed by atoms with van der Waals surface area (Å²) < 4.78 is 0. The van der Waals surface area contributed by atoms with E-state index in [2.05, 4.69) is 43.4 Å². The van der Waals surface area contributed by atoms with Gasteiger partial charge in [0.15, 0.2) is 0 Å². The molecule has 2 nitrogen and oxygen atoms in total. The Kier molecular flexibility index (Phi) is 14.7. The maximum Gasteiger partial charge on any atom is 0.217 e. The van der Waals surface area contributed by atoms with Crippen LogP contribution in [-0.2, 0) is 4.79 Å². The van der Waals surface area contributed by atoms with E-state index in [1.165, 1.54) is 38.5 Å². The van der Waals surface area contributed by atoms with Crippen molar-refractivity contribution in [3.63, 3.8) is 0 Å². The van der Waals surface area contributed by atoms with Crippen molar-refractivity contribution < 1.29 is 4.79 Å². The van der Waals surface area contributed by atoms with Crippen molar-refractivity contribution in [2.45, 2.75) is 71.1 Å². The Labute approximate surface area is 124 Å². The van der Waals surface area contributed by atoms with Gasteiger partial charge in [0.05, 0.1) is 0 Å². The summed E-state index contributed by atoms with van der Waals surface area (Å²) in [5.74, 6) is -0.177. The molecule has 0 unspecified atom stereocenters. The fourth-order valence-corrected chi connectivity index (χ4v) is 1.89. The van der Waals surface area contributed by atoms with E-state index in [0.717, 1.165) is 19.3 Å². The molecule has 0 saturated carbocycles. The first kappa shape index (κ1) is 18.7. The van der Waals surface area contributed by atoms with E-state index in [9.17, 15) is 4.79 Å². The summed E-state index contributed by atoms with van der Waals surface area (Å²) >= 11 is 0. The molecule has 0 spiro atoms. The number of carbonyl (C=O) groups excluding carboxylic acids is 1. The van der Waals surface area contributed by atoms with Crippen molar-refractivity contribution in [3.05, 3.63) is 36.5 Å². The van der Waals surface area contributed by atoms with Crippen LogP contribution in [0.2, 0.25) is 0 Å². The Morgan fingerprint density at radius 3 is 1.95 bits per heavy atom. The summed E-state index contributed by atoms with van der Waals surface area (Å²) in [5, 5.41) is 0. The second-order valence-electron chi connectivity index (χ2n) is 5.16. The van der Waals surface area contributed by atoms with Crippen LogP contribution in [0.25, 0.3) is 0 Å². The highest BCUT2D eigenvalue weighted by atomic mass is 16.1. The van der Waals surface area contributed by atoms with Crippen molar-refractivity contribution >= 4 is 5.91 Å². The summed E-state index contributed by atoms with van der Waals surface area (Å²) in [6.07, 6.45) is 24.0. The van der Waals surface area contributed by atoms with E-state index in [1.54, 1.807) is 0 Å². The van der Waals surface area contributed by atoms with E-state index < -0.39 is 0 Å².